The number of carbonyl (C=O) groups is 1. The summed E-state index contributed by atoms with van der Waals surface area (Å²) < 4.78 is 5.79. The van der Waals surface area contributed by atoms with Gasteiger partial charge in [-0.3, -0.25) is 4.79 Å². The average molecular weight is 267 g/mol. The average Bonchev–Trinajstić information content (AvgIpc) is 2.70. The van der Waals surface area contributed by atoms with Gasteiger partial charge in [0.25, 0.3) is 11.5 Å². The molecule has 0 amide bonds. The number of ether oxygens (including phenoxy) is 1. The highest BCUT2D eigenvalue weighted by Gasteiger charge is 2.36. The molecule has 0 saturated carbocycles. The first-order valence-corrected chi connectivity index (χ1v) is 6.26. The Kier molecular flexibility index (Phi) is 2.79. The number of hydrogen-bond acceptors (Lipinski definition) is 3. The second-order valence-corrected chi connectivity index (χ2v) is 4.72. The number of carbonyl (C=O) groups excluding carboxylic acids is 1. The van der Waals surface area contributed by atoms with Crippen LogP contribution in [0, 0.1) is 12.1 Å². The van der Waals surface area contributed by atoms with E-state index in [4.69, 9.17) is 4.74 Å². The number of nitrogens with zero attached hydrogens (tertiary/aromatic N) is 1. The Labute approximate surface area is 116 Å². The summed E-state index contributed by atoms with van der Waals surface area (Å²) >= 11 is 0. The lowest BCUT2D eigenvalue weighted by Crippen LogP contribution is -2.16. The van der Waals surface area contributed by atoms with Crippen LogP contribution in [0.5, 0.6) is 5.75 Å². The molecule has 0 radical (unpaired) electrons. The summed E-state index contributed by atoms with van der Waals surface area (Å²) in [7, 11) is 1.53. The number of rotatable bonds is 2. The van der Waals surface area contributed by atoms with Crippen molar-refractivity contribution in [2.45, 2.75) is 6.92 Å². The Hall–Kier alpha value is -2.62. The summed E-state index contributed by atoms with van der Waals surface area (Å²) in [5.74, 6) is 0.311. The van der Waals surface area contributed by atoms with Crippen molar-refractivity contribution in [3.8, 4) is 5.75 Å². The molecule has 2 aromatic rings. The van der Waals surface area contributed by atoms with Crippen molar-refractivity contribution in [3.63, 3.8) is 0 Å². The molecule has 1 heterocycles. The minimum atomic E-state index is -0.247. The van der Waals surface area contributed by atoms with Gasteiger partial charge in [0.05, 0.1) is 18.7 Å². The monoisotopic (exact) mass is 267 g/mol. The van der Waals surface area contributed by atoms with E-state index in [1.165, 1.54) is 7.11 Å². The highest BCUT2D eigenvalue weighted by atomic mass is 16.5. The third-order valence-corrected chi connectivity index (χ3v) is 3.38. The normalized spacial score (nSPS) is 13.6. The summed E-state index contributed by atoms with van der Waals surface area (Å²) in [5.41, 5.74) is 2.56. The van der Waals surface area contributed by atoms with Gasteiger partial charge in [0.2, 0.25) is 5.69 Å². The molecule has 0 spiro atoms. The standard InChI is InChI=1S/C16H13NO3/c1-10-4-3-5-11(8-10)15-16(18)13-7-6-12(20-2)9-14(13)17(15)19/h3-9H,1-2H3. The lowest BCUT2D eigenvalue weighted by molar-refractivity contribution is -0.355. The number of aryl methyl sites for hydroxylation is 1. The summed E-state index contributed by atoms with van der Waals surface area (Å²) in [5, 5.41) is 12.4. The van der Waals surface area contributed by atoms with Crippen LogP contribution >= 0.6 is 0 Å². The van der Waals surface area contributed by atoms with Crippen LogP contribution in [-0.4, -0.2) is 23.3 Å². The topological polar surface area (TPSA) is 52.4 Å². The first-order valence-electron chi connectivity index (χ1n) is 6.26. The zero-order valence-electron chi connectivity index (χ0n) is 11.2. The maximum absolute atomic E-state index is 12.4. The van der Waals surface area contributed by atoms with E-state index in [0.29, 0.717) is 27.3 Å². The highest BCUT2D eigenvalue weighted by molar-refractivity contribution is 6.52. The SMILES string of the molecule is COc1ccc2c(c1)[N+]([O-])=C(c1cccc(C)c1)C2=O. The van der Waals surface area contributed by atoms with E-state index in [9.17, 15) is 10.0 Å². The fourth-order valence-corrected chi connectivity index (χ4v) is 2.38. The lowest BCUT2D eigenvalue weighted by Gasteiger charge is -2.04. The van der Waals surface area contributed by atoms with E-state index in [1.54, 1.807) is 24.3 Å². The Morgan fingerprint density at radius 2 is 1.95 bits per heavy atom. The quantitative estimate of drug-likeness (QED) is 0.621. The van der Waals surface area contributed by atoms with E-state index in [0.717, 1.165) is 5.56 Å². The molecule has 4 nitrogen and oxygen atoms in total. The van der Waals surface area contributed by atoms with E-state index < -0.39 is 0 Å². The minimum Gasteiger partial charge on any atom is -0.618 e. The molecule has 4 heteroatoms. The number of ketones is 1. The Bertz CT molecular complexity index is 747. The molecule has 0 fully saturated rings. The molecule has 2 aromatic carbocycles. The Morgan fingerprint density at radius 3 is 2.65 bits per heavy atom. The maximum atomic E-state index is 12.4. The van der Waals surface area contributed by atoms with E-state index in [-0.39, 0.29) is 11.5 Å². The van der Waals surface area contributed by atoms with Gasteiger partial charge in [0, 0.05) is 0 Å². The van der Waals surface area contributed by atoms with E-state index in [2.05, 4.69) is 0 Å². The molecule has 0 N–H and O–H groups in total. The van der Waals surface area contributed by atoms with Crippen LogP contribution in [0.2, 0.25) is 0 Å². The van der Waals surface area contributed by atoms with Gasteiger partial charge in [-0.15, -0.1) is 0 Å². The van der Waals surface area contributed by atoms with Crippen LogP contribution in [0.15, 0.2) is 42.5 Å². The van der Waals surface area contributed by atoms with Gasteiger partial charge in [0.1, 0.15) is 11.3 Å². The smallest absolute Gasteiger partial charge is 0.272 e. The molecule has 0 atom stereocenters. The molecular formula is C16H13NO3. The second kappa shape index (κ2) is 4.49. The number of Topliss-reactive ketones (excluding diaryl/α,β-unsaturated/α-hetero) is 1. The molecule has 1 aliphatic rings. The van der Waals surface area contributed by atoms with E-state index in [1.807, 2.05) is 25.1 Å². The van der Waals surface area contributed by atoms with Gasteiger partial charge in [-0.1, -0.05) is 17.7 Å². The predicted molar refractivity (Wildman–Crippen MR) is 75.9 cm³/mol. The van der Waals surface area contributed by atoms with Gasteiger partial charge in [-0.2, -0.15) is 4.74 Å². The van der Waals surface area contributed by atoms with Crippen molar-refractivity contribution >= 4 is 17.2 Å². The largest absolute Gasteiger partial charge is 0.618 e. The van der Waals surface area contributed by atoms with Gasteiger partial charge in [-0.25, -0.2) is 0 Å². The number of fused-ring (bicyclic) bond motifs is 1. The van der Waals surface area contributed by atoms with Crippen LogP contribution in [0.1, 0.15) is 21.5 Å². The van der Waals surface area contributed by atoms with Crippen molar-refractivity contribution in [2.75, 3.05) is 7.11 Å². The van der Waals surface area contributed by atoms with Crippen LogP contribution in [0.3, 0.4) is 0 Å². The van der Waals surface area contributed by atoms with Crippen LogP contribution in [0.25, 0.3) is 0 Å². The minimum absolute atomic E-state index is 0.164. The third-order valence-electron chi connectivity index (χ3n) is 3.38. The molecule has 0 bridgehead atoms. The van der Waals surface area contributed by atoms with Gasteiger partial charge in [-0.05, 0) is 31.2 Å². The summed E-state index contributed by atoms with van der Waals surface area (Å²) in [6.07, 6.45) is 0. The number of methoxy groups -OCH3 is 1. The lowest BCUT2D eigenvalue weighted by atomic mass is 10.0. The Morgan fingerprint density at radius 1 is 1.15 bits per heavy atom. The van der Waals surface area contributed by atoms with Crippen molar-refractivity contribution in [3.05, 3.63) is 64.4 Å². The number of benzene rings is 2. The highest BCUT2D eigenvalue weighted by Crippen LogP contribution is 2.31. The molecular weight excluding hydrogens is 254 g/mol. The van der Waals surface area contributed by atoms with E-state index >= 15 is 0 Å². The molecule has 0 aliphatic carbocycles. The molecule has 100 valence electrons. The van der Waals surface area contributed by atoms with Gasteiger partial charge < -0.3 is 9.94 Å². The molecule has 0 unspecified atom stereocenters. The fraction of sp³-hybridized carbons (Fsp3) is 0.125. The first kappa shape index (κ1) is 12.4. The van der Waals surface area contributed by atoms with Crippen molar-refractivity contribution in [1.29, 1.82) is 0 Å². The van der Waals surface area contributed by atoms with Crippen molar-refractivity contribution in [2.24, 2.45) is 0 Å². The predicted octanol–water partition coefficient (Wildman–Crippen LogP) is 2.83. The molecule has 0 aromatic heterocycles. The second-order valence-electron chi connectivity index (χ2n) is 4.72. The van der Waals surface area contributed by atoms with Crippen LogP contribution in [-0.2, 0) is 0 Å². The van der Waals surface area contributed by atoms with Crippen LogP contribution in [0.4, 0.5) is 5.69 Å². The zero-order chi connectivity index (χ0) is 14.3. The van der Waals surface area contributed by atoms with Crippen molar-refractivity contribution in [1.82, 2.24) is 0 Å². The summed E-state index contributed by atoms with van der Waals surface area (Å²) in [6, 6.07) is 12.3. The molecule has 3 rings (SSSR count). The molecule has 20 heavy (non-hydrogen) atoms. The zero-order valence-corrected chi connectivity index (χ0v) is 11.2. The van der Waals surface area contributed by atoms with Gasteiger partial charge >= 0.3 is 0 Å². The molecule has 1 aliphatic heterocycles. The summed E-state index contributed by atoms with van der Waals surface area (Å²) in [4.78, 5) is 12.4. The maximum Gasteiger partial charge on any atom is 0.272 e. The molecule has 0 saturated heterocycles. The Balaban J connectivity index is 2.18. The van der Waals surface area contributed by atoms with Crippen molar-refractivity contribution < 1.29 is 14.3 Å². The first-order chi connectivity index (χ1) is 9.61. The summed E-state index contributed by atoms with van der Waals surface area (Å²) in [6.45, 7) is 1.93. The van der Waals surface area contributed by atoms with Crippen LogP contribution < -0.4 is 4.74 Å². The van der Waals surface area contributed by atoms with Gasteiger partial charge in [0.15, 0.2) is 0 Å². The number of hydrogen-bond donors (Lipinski definition) is 0. The fourth-order valence-electron chi connectivity index (χ4n) is 2.38. The third kappa shape index (κ3) is 1.77.